The normalized spacial score (nSPS) is 56.6. The second kappa shape index (κ2) is 10.3. The summed E-state index contributed by atoms with van der Waals surface area (Å²) in [5, 5.41) is 27.8. The van der Waals surface area contributed by atoms with E-state index in [-0.39, 0.29) is 12.3 Å². The number of carbonyl (C=O) groups excluding carboxylic acids is 6. The van der Waals surface area contributed by atoms with Crippen molar-refractivity contribution >= 4 is 35.6 Å². The Labute approximate surface area is 294 Å². The van der Waals surface area contributed by atoms with Crippen molar-refractivity contribution in [2.45, 2.75) is 129 Å². The number of esters is 5. The van der Waals surface area contributed by atoms with Gasteiger partial charge in [0, 0.05) is 68.1 Å². The molecule has 8 rings (SSSR count). The molecule has 0 amide bonds. The summed E-state index contributed by atoms with van der Waals surface area (Å²) in [6.45, 7) is 13.5. The number of aliphatic hydroxyl groups is 2. The molecule has 280 valence electrons. The molecule has 5 saturated carbocycles. The summed E-state index contributed by atoms with van der Waals surface area (Å²) in [5.74, 6) is -9.93. The summed E-state index contributed by atoms with van der Waals surface area (Å²) in [7, 11) is 0. The molecule has 1 spiro atoms. The standard InChI is InChI=1S/C36H47NO14/c1-11-19-22(34(8)35(9,45)31(44)51-36(34)28(11)37-36)26(46-12(2)38)20-18-21(27(47-13(3)39)30(33(19,20)7)49-15(5)41)32(6)16(23(42)24(18)43)10-17-25(50-17)29(32)48-14(4)40/h11,16-22,24-30,37,43,45H,10H2,1-9H3/t11-,16+,17-,18?,19-,20+,21?,22-,24+,25-,26+,27-,28+,29-,30-,32-,33+,34-,35+,36-/m0/s1. The summed E-state index contributed by atoms with van der Waals surface area (Å²) in [6, 6.07) is -0.464. The number of carbonyl (C=O) groups is 6. The highest BCUT2D eigenvalue weighted by molar-refractivity contribution is 5.88. The Kier molecular flexibility index (Phi) is 7.05. The van der Waals surface area contributed by atoms with Crippen molar-refractivity contribution in [3.05, 3.63) is 0 Å². The predicted octanol–water partition coefficient (Wildman–Crippen LogP) is 0.197. The molecule has 0 radical (unpaired) electrons. The Morgan fingerprint density at radius 1 is 0.784 bits per heavy atom. The zero-order valence-electron chi connectivity index (χ0n) is 30.2. The Morgan fingerprint density at radius 2 is 1.33 bits per heavy atom. The largest absolute Gasteiger partial charge is 0.462 e. The van der Waals surface area contributed by atoms with Crippen LogP contribution in [0.4, 0.5) is 0 Å². The number of epoxide rings is 1. The smallest absolute Gasteiger partial charge is 0.340 e. The fourth-order valence-corrected chi connectivity index (χ4v) is 13.4. The van der Waals surface area contributed by atoms with Crippen LogP contribution in [-0.4, -0.2) is 106 Å². The van der Waals surface area contributed by atoms with Crippen molar-refractivity contribution < 1.29 is 67.4 Å². The van der Waals surface area contributed by atoms with Crippen LogP contribution in [0.25, 0.3) is 0 Å². The van der Waals surface area contributed by atoms with Gasteiger partial charge in [-0.25, -0.2) is 4.79 Å². The average molecular weight is 718 g/mol. The topological polar surface area (TPSA) is 223 Å². The van der Waals surface area contributed by atoms with Gasteiger partial charge < -0.3 is 38.6 Å². The van der Waals surface area contributed by atoms with Gasteiger partial charge in [0.1, 0.15) is 36.6 Å². The van der Waals surface area contributed by atoms with Crippen LogP contribution in [0.1, 0.15) is 68.7 Å². The molecule has 51 heavy (non-hydrogen) atoms. The monoisotopic (exact) mass is 717 g/mol. The first-order chi connectivity index (χ1) is 23.6. The van der Waals surface area contributed by atoms with Crippen LogP contribution in [-0.2, 0) is 57.2 Å². The molecule has 5 aliphatic carbocycles. The minimum atomic E-state index is -2.09. The van der Waals surface area contributed by atoms with Gasteiger partial charge in [0.2, 0.25) is 0 Å². The molecule has 0 aromatic rings. The maximum atomic E-state index is 14.6. The quantitative estimate of drug-likeness (QED) is 0.201. The second-order valence-electron chi connectivity index (χ2n) is 17.3. The summed E-state index contributed by atoms with van der Waals surface area (Å²) >= 11 is 0. The van der Waals surface area contributed by atoms with E-state index in [4.69, 9.17) is 28.4 Å². The number of ether oxygens (including phenoxy) is 6. The van der Waals surface area contributed by atoms with E-state index in [0.717, 1.165) is 0 Å². The molecule has 20 atom stereocenters. The van der Waals surface area contributed by atoms with Gasteiger partial charge in [-0.3, -0.25) is 29.3 Å². The highest BCUT2D eigenvalue weighted by Gasteiger charge is 2.92. The van der Waals surface area contributed by atoms with E-state index in [1.807, 2.05) is 13.8 Å². The van der Waals surface area contributed by atoms with Crippen LogP contribution in [0.3, 0.4) is 0 Å². The van der Waals surface area contributed by atoms with Crippen molar-refractivity contribution in [2.75, 3.05) is 0 Å². The lowest BCUT2D eigenvalue weighted by Crippen LogP contribution is -2.74. The van der Waals surface area contributed by atoms with E-state index < -0.39 is 147 Å². The minimum absolute atomic E-state index is 0.219. The zero-order chi connectivity index (χ0) is 37.3. The molecule has 3 aliphatic heterocycles. The number of nitrogens with one attached hydrogen (secondary N) is 1. The number of hydrogen-bond donors (Lipinski definition) is 3. The molecule has 0 aromatic heterocycles. The summed E-state index contributed by atoms with van der Waals surface area (Å²) in [4.78, 5) is 80.2. The van der Waals surface area contributed by atoms with Crippen molar-refractivity contribution in [3.8, 4) is 0 Å². The third kappa shape index (κ3) is 3.93. The summed E-state index contributed by atoms with van der Waals surface area (Å²) in [6.07, 6.45) is -7.11. The van der Waals surface area contributed by atoms with Crippen molar-refractivity contribution in [3.63, 3.8) is 0 Å². The van der Waals surface area contributed by atoms with E-state index in [1.54, 1.807) is 13.8 Å². The Morgan fingerprint density at radius 3 is 1.92 bits per heavy atom. The fourth-order valence-electron chi connectivity index (χ4n) is 13.4. The molecule has 15 heteroatoms. The molecule has 8 fully saturated rings. The Bertz CT molecular complexity index is 1660. The number of rotatable bonds is 4. The molecule has 0 aromatic carbocycles. The van der Waals surface area contributed by atoms with E-state index >= 15 is 0 Å². The van der Waals surface area contributed by atoms with Gasteiger partial charge >= 0.3 is 29.8 Å². The molecule has 3 heterocycles. The Hall–Kier alpha value is -3.14. The van der Waals surface area contributed by atoms with Crippen LogP contribution in [0.2, 0.25) is 0 Å². The molecule has 3 N–H and O–H groups in total. The maximum Gasteiger partial charge on any atom is 0.340 e. The van der Waals surface area contributed by atoms with Crippen molar-refractivity contribution in [2.24, 2.45) is 57.7 Å². The van der Waals surface area contributed by atoms with Crippen LogP contribution in [0, 0.1) is 57.7 Å². The van der Waals surface area contributed by atoms with Gasteiger partial charge in [0.25, 0.3) is 0 Å². The van der Waals surface area contributed by atoms with Gasteiger partial charge in [-0.2, -0.15) is 0 Å². The lowest BCUT2D eigenvalue weighted by Gasteiger charge is -2.65. The van der Waals surface area contributed by atoms with Crippen LogP contribution in [0.5, 0.6) is 0 Å². The van der Waals surface area contributed by atoms with Gasteiger partial charge in [-0.05, 0) is 25.2 Å². The number of hydrogen-bond acceptors (Lipinski definition) is 15. The highest BCUT2D eigenvalue weighted by atomic mass is 16.6. The average Bonchev–Trinajstić information content (AvgIpc) is 3.92. The van der Waals surface area contributed by atoms with Crippen molar-refractivity contribution in [1.82, 2.24) is 5.32 Å². The molecule has 15 nitrogen and oxygen atoms in total. The first-order valence-corrected chi connectivity index (χ1v) is 17.9. The molecule has 3 saturated heterocycles. The first-order valence-electron chi connectivity index (χ1n) is 17.9. The molecule has 2 unspecified atom stereocenters. The summed E-state index contributed by atoms with van der Waals surface area (Å²) < 4.78 is 36.7. The summed E-state index contributed by atoms with van der Waals surface area (Å²) in [5.41, 5.74) is -7.49. The van der Waals surface area contributed by atoms with E-state index in [0.29, 0.717) is 0 Å². The van der Waals surface area contributed by atoms with E-state index in [1.165, 1.54) is 34.6 Å². The fraction of sp³-hybridized carbons (Fsp3) is 0.833. The van der Waals surface area contributed by atoms with Crippen LogP contribution < -0.4 is 5.32 Å². The van der Waals surface area contributed by atoms with Crippen LogP contribution in [0.15, 0.2) is 0 Å². The molecule has 0 bridgehead atoms. The lowest BCUT2D eigenvalue weighted by molar-refractivity contribution is -0.273. The molecule has 8 aliphatic rings. The number of ketones is 1. The SMILES string of the molecule is CC(=O)O[C@H]1[C@@H]2[C@H]([C@H](C)[C@H]3N[C@]34OC(=O)[C@@](C)(O)[C@]24C)[C@]2(C)[C@@H]1C1C([C@H](OC(C)=O)[C@@H]2OC(C)=O)[C@]2(C)[C@H](C[C@@H]3O[C@@H]3[C@@H]2OC(C)=O)C(=O)[C@@H]1O. The van der Waals surface area contributed by atoms with Crippen LogP contribution >= 0.6 is 0 Å². The number of fused-ring (bicyclic) bond motifs is 9. The van der Waals surface area contributed by atoms with Gasteiger partial charge in [-0.15, -0.1) is 0 Å². The maximum absolute atomic E-state index is 14.6. The number of aliphatic hydroxyl groups excluding tert-OH is 1. The molecular weight excluding hydrogens is 670 g/mol. The van der Waals surface area contributed by atoms with Gasteiger partial charge in [0.15, 0.2) is 17.1 Å². The van der Waals surface area contributed by atoms with E-state index in [9.17, 15) is 39.0 Å². The zero-order valence-corrected chi connectivity index (χ0v) is 30.2. The highest BCUT2D eigenvalue weighted by Crippen LogP contribution is 2.79. The van der Waals surface area contributed by atoms with Gasteiger partial charge in [-0.1, -0.05) is 27.7 Å². The first kappa shape index (κ1) is 34.9. The molecular formula is C36H47NO14. The lowest BCUT2D eigenvalue weighted by atomic mass is 9.41. The van der Waals surface area contributed by atoms with Crippen molar-refractivity contribution in [1.29, 1.82) is 0 Å². The predicted molar refractivity (Wildman–Crippen MR) is 167 cm³/mol. The second-order valence-corrected chi connectivity index (χ2v) is 17.3. The van der Waals surface area contributed by atoms with Gasteiger partial charge in [0.05, 0.1) is 17.6 Å². The minimum Gasteiger partial charge on any atom is -0.462 e. The third-order valence-corrected chi connectivity index (χ3v) is 15.2. The Balaban J connectivity index is 1.42. The number of Topliss-reactive ketones (excluding diaryl/α,β-unsaturated/α-hetero) is 1. The van der Waals surface area contributed by atoms with E-state index in [2.05, 4.69) is 5.32 Å². The third-order valence-electron chi connectivity index (χ3n) is 15.2.